The molecule has 104 valence electrons. The number of hydrogen-bond acceptors (Lipinski definition) is 2. The van der Waals surface area contributed by atoms with E-state index in [4.69, 9.17) is 11.6 Å². The van der Waals surface area contributed by atoms with Crippen LogP contribution in [0.2, 0.25) is 5.02 Å². The average molecular weight is 282 g/mol. The Kier molecular flexibility index (Phi) is 6.60. The maximum Gasteiger partial charge on any atom is 0.244 e. The second kappa shape index (κ2) is 7.97. The Labute approximate surface area is 119 Å². The first-order chi connectivity index (χ1) is 9.01. The van der Waals surface area contributed by atoms with E-state index in [1.54, 1.807) is 18.2 Å². The Morgan fingerprint density at radius 3 is 2.53 bits per heavy atom. The number of carbonyl (C=O) groups is 1. The molecule has 1 rings (SSSR count). The van der Waals surface area contributed by atoms with Gasteiger partial charge in [0.05, 0.1) is 12.6 Å². The summed E-state index contributed by atoms with van der Waals surface area (Å²) in [5, 5.41) is 12.6. The Hall–Kier alpha value is -1.32. The minimum absolute atomic E-state index is 0.0430. The molecule has 0 fully saturated rings. The first kappa shape index (κ1) is 15.7. The monoisotopic (exact) mass is 281 g/mol. The smallest absolute Gasteiger partial charge is 0.244 e. The highest BCUT2D eigenvalue weighted by molar-refractivity contribution is 6.30. The molecule has 3 nitrogen and oxygen atoms in total. The third-order valence-electron chi connectivity index (χ3n) is 2.62. The van der Waals surface area contributed by atoms with Crippen LogP contribution in [0.15, 0.2) is 30.3 Å². The molecule has 1 atom stereocenters. The van der Waals surface area contributed by atoms with Crippen molar-refractivity contribution in [3.05, 3.63) is 40.9 Å². The summed E-state index contributed by atoms with van der Waals surface area (Å²) in [5.41, 5.74) is 0.906. The molecule has 2 N–H and O–H groups in total. The molecule has 0 heterocycles. The van der Waals surface area contributed by atoms with Crippen molar-refractivity contribution in [2.45, 2.75) is 26.3 Å². The number of aliphatic hydroxyl groups is 1. The molecule has 0 aliphatic rings. The van der Waals surface area contributed by atoms with Gasteiger partial charge < -0.3 is 10.4 Å². The van der Waals surface area contributed by atoms with Gasteiger partial charge in [-0.05, 0) is 36.1 Å². The zero-order valence-electron chi connectivity index (χ0n) is 11.3. The van der Waals surface area contributed by atoms with Gasteiger partial charge in [0.25, 0.3) is 0 Å². The van der Waals surface area contributed by atoms with E-state index in [1.807, 2.05) is 12.1 Å². The summed E-state index contributed by atoms with van der Waals surface area (Å²) in [4.78, 5) is 11.7. The van der Waals surface area contributed by atoms with Crippen LogP contribution in [0.4, 0.5) is 0 Å². The molecule has 4 heteroatoms. The van der Waals surface area contributed by atoms with Gasteiger partial charge in [-0.15, -0.1) is 0 Å². The van der Waals surface area contributed by atoms with E-state index in [0.717, 1.165) is 12.0 Å². The predicted octanol–water partition coefficient (Wildman–Crippen LogP) is 2.88. The van der Waals surface area contributed by atoms with Crippen LogP contribution in [0.1, 0.15) is 25.8 Å². The molecule has 19 heavy (non-hydrogen) atoms. The lowest BCUT2D eigenvalue weighted by Gasteiger charge is -2.17. The Morgan fingerprint density at radius 1 is 1.37 bits per heavy atom. The molecule has 0 radical (unpaired) electrons. The standard InChI is InChI=1S/C15H20ClNO2/c1-11(2)9-14(10-18)17-15(19)8-5-12-3-6-13(16)7-4-12/h3-8,11,14,18H,9-10H2,1-2H3,(H,17,19)/b8-5+. The minimum Gasteiger partial charge on any atom is -0.394 e. The van der Waals surface area contributed by atoms with Crippen LogP contribution >= 0.6 is 11.6 Å². The summed E-state index contributed by atoms with van der Waals surface area (Å²) in [7, 11) is 0. The fraction of sp³-hybridized carbons (Fsp3) is 0.400. The quantitative estimate of drug-likeness (QED) is 0.788. The summed E-state index contributed by atoms with van der Waals surface area (Å²) < 4.78 is 0. The summed E-state index contributed by atoms with van der Waals surface area (Å²) in [6.45, 7) is 4.06. The number of amides is 1. The first-order valence-electron chi connectivity index (χ1n) is 6.36. The van der Waals surface area contributed by atoms with E-state index < -0.39 is 0 Å². The van der Waals surface area contributed by atoms with E-state index in [9.17, 15) is 9.90 Å². The lowest BCUT2D eigenvalue weighted by atomic mass is 10.0. The summed E-state index contributed by atoms with van der Waals surface area (Å²) in [5.74, 6) is 0.229. The van der Waals surface area contributed by atoms with Gasteiger partial charge in [-0.1, -0.05) is 37.6 Å². The third-order valence-corrected chi connectivity index (χ3v) is 2.87. The molecular weight excluding hydrogens is 262 g/mol. The fourth-order valence-electron chi connectivity index (χ4n) is 1.74. The van der Waals surface area contributed by atoms with Gasteiger partial charge in [-0.2, -0.15) is 0 Å². The SMILES string of the molecule is CC(C)CC(CO)NC(=O)/C=C/c1ccc(Cl)cc1. The van der Waals surface area contributed by atoms with Crippen LogP contribution in [-0.4, -0.2) is 23.7 Å². The lowest BCUT2D eigenvalue weighted by molar-refractivity contribution is -0.117. The fourth-order valence-corrected chi connectivity index (χ4v) is 1.87. The van der Waals surface area contributed by atoms with E-state index in [-0.39, 0.29) is 18.6 Å². The van der Waals surface area contributed by atoms with E-state index >= 15 is 0 Å². The maximum absolute atomic E-state index is 11.7. The summed E-state index contributed by atoms with van der Waals surface area (Å²) in [6.07, 6.45) is 3.94. The minimum atomic E-state index is -0.199. The molecule has 0 spiro atoms. The molecule has 1 aromatic rings. The largest absolute Gasteiger partial charge is 0.394 e. The number of benzene rings is 1. The van der Waals surface area contributed by atoms with Crippen LogP contribution in [0.5, 0.6) is 0 Å². The molecule has 0 aliphatic carbocycles. The van der Waals surface area contributed by atoms with Crippen molar-refractivity contribution in [2.75, 3.05) is 6.61 Å². The van der Waals surface area contributed by atoms with Gasteiger partial charge in [0.2, 0.25) is 5.91 Å². The number of halogens is 1. The molecule has 0 aromatic heterocycles. The van der Waals surface area contributed by atoms with Crippen molar-refractivity contribution in [2.24, 2.45) is 5.92 Å². The zero-order chi connectivity index (χ0) is 14.3. The molecule has 0 aliphatic heterocycles. The molecule has 1 aromatic carbocycles. The van der Waals surface area contributed by atoms with Gasteiger partial charge in [-0.3, -0.25) is 4.79 Å². The molecule has 0 saturated carbocycles. The number of carbonyl (C=O) groups excluding carboxylic acids is 1. The second-order valence-corrected chi connectivity index (χ2v) is 5.34. The second-order valence-electron chi connectivity index (χ2n) is 4.90. The van der Waals surface area contributed by atoms with Gasteiger partial charge in [-0.25, -0.2) is 0 Å². The first-order valence-corrected chi connectivity index (χ1v) is 6.74. The lowest BCUT2D eigenvalue weighted by Crippen LogP contribution is -2.37. The normalized spacial score (nSPS) is 12.9. The number of hydrogen-bond donors (Lipinski definition) is 2. The number of nitrogens with one attached hydrogen (secondary N) is 1. The average Bonchev–Trinajstić information content (AvgIpc) is 2.36. The van der Waals surface area contributed by atoms with Crippen LogP contribution in [0.3, 0.4) is 0 Å². The zero-order valence-corrected chi connectivity index (χ0v) is 12.0. The molecule has 0 bridgehead atoms. The molecular formula is C15H20ClNO2. The highest BCUT2D eigenvalue weighted by Gasteiger charge is 2.10. The van der Waals surface area contributed by atoms with E-state index in [2.05, 4.69) is 19.2 Å². The summed E-state index contributed by atoms with van der Waals surface area (Å²) >= 11 is 5.78. The highest BCUT2D eigenvalue weighted by Crippen LogP contribution is 2.10. The van der Waals surface area contributed by atoms with Crippen molar-refractivity contribution < 1.29 is 9.90 Å². The topological polar surface area (TPSA) is 49.3 Å². The molecule has 1 unspecified atom stereocenters. The van der Waals surface area contributed by atoms with E-state index in [1.165, 1.54) is 6.08 Å². The van der Waals surface area contributed by atoms with Gasteiger partial charge in [0, 0.05) is 11.1 Å². The maximum atomic E-state index is 11.7. The number of aliphatic hydroxyl groups excluding tert-OH is 1. The van der Waals surface area contributed by atoms with Crippen molar-refractivity contribution in [3.8, 4) is 0 Å². The van der Waals surface area contributed by atoms with Crippen LogP contribution in [0, 0.1) is 5.92 Å². The van der Waals surface area contributed by atoms with Crippen molar-refractivity contribution in [1.82, 2.24) is 5.32 Å². The number of rotatable bonds is 6. The molecule has 0 saturated heterocycles. The summed E-state index contributed by atoms with van der Waals surface area (Å²) in [6, 6.07) is 7.03. The Bertz CT molecular complexity index is 426. The van der Waals surface area contributed by atoms with Gasteiger partial charge in [0.1, 0.15) is 0 Å². The predicted molar refractivity (Wildman–Crippen MR) is 79.0 cm³/mol. The van der Waals surface area contributed by atoms with Gasteiger partial charge >= 0.3 is 0 Å². The van der Waals surface area contributed by atoms with Crippen molar-refractivity contribution in [1.29, 1.82) is 0 Å². The highest BCUT2D eigenvalue weighted by atomic mass is 35.5. The Balaban J connectivity index is 2.52. The van der Waals surface area contributed by atoms with Crippen LogP contribution in [-0.2, 0) is 4.79 Å². The van der Waals surface area contributed by atoms with Crippen LogP contribution in [0.25, 0.3) is 6.08 Å². The van der Waals surface area contributed by atoms with Gasteiger partial charge in [0.15, 0.2) is 0 Å². The van der Waals surface area contributed by atoms with Crippen LogP contribution < -0.4 is 5.32 Å². The van der Waals surface area contributed by atoms with E-state index in [0.29, 0.717) is 10.9 Å². The Morgan fingerprint density at radius 2 is 2.00 bits per heavy atom. The van der Waals surface area contributed by atoms with Crippen molar-refractivity contribution in [3.63, 3.8) is 0 Å². The third kappa shape index (κ3) is 6.41. The van der Waals surface area contributed by atoms with Crippen molar-refractivity contribution >= 4 is 23.6 Å². The molecule has 1 amide bonds.